The van der Waals surface area contributed by atoms with E-state index in [4.69, 9.17) is 10.8 Å². The molecule has 3 nitrogen and oxygen atoms in total. The molecule has 0 heterocycles. The summed E-state index contributed by atoms with van der Waals surface area (Å²) in [6.07, 6.45) is 0. The van der Waals surface area contributed by atoms with Gasteiger partial charge in [-0.15, -0.1) is 0 Å². The van der Waals surface area contributed by atoms with Crippen molar-refractivity contribution >= 4 is 7.98 Å². The summed E-state index contributed by atoms with van der Waals surface area (Å²) in [5.74, 6) is 0. The van der Waals surface area contributed by atoms with E-state index < -0.39 is 0 Å². The Hall–Kier alpha value is -0.835. The largest absolute Gasteiger partial charge is 0.395 e. The molecule has 1 rings (SSSR count). The Morgan fingerprint density at radius 3 is 2.46 bits per heavy atom. The van der Waals surface area contributed by atoms with Gasteiger partial charge in [-0.3, -0.25) is 0 Å². The fourth-order valence-corrected chi connectivity index (χ4v) is 1.29. The van der Waals surface area contributed by atoms with Crippen LogP contribution in [0.4, 0.5) is 0 Å². The molecule has 0 saturated heterocycles. The summed E-state index contributed by atoms with van der Waals surface area (Å²) < 4.78 is 0. The van der Waals surface area contributed by atoms with Crippen molar-refractivity contribution in [2.45, 2.75) is 12.1 Å². The number of hydrogen-bond donors (Lipinski definition) is 3. The second-order valence-corrected chi connectivity index (χ2v) is 3.01. The third-order valence-corrected chi connectivity index (χ3v) is 2.19. The highest BCUT2D eigenvalue weighted by molar-refractivity contribution is 6.04. The summed E-state index contributed by atoms with van der Waals surface area (Å²) in [6.45, 7) is 0.0482. The van der Waals surface area contributed by atoms with Crippen LogP contribution in [0.15, 0.2) is 30.3 Å². The minimum Gasteiger partial charge on any atom is -0.395 e. The van der Waals surface area contributed by atoms with E-state index in [1.54, 1.807) is 7.98 Å². The molecule has 4 heteroatoms. The maximum absolute atomic E-state index is 9.02. The molecule has 1 aromatic carbocycles. The van der Waals surface area contributed by atoms with Crippen molar-refractivity contribution in [2.24, 2.45) is 5.73 Å². The van der Waals surface area contributed by atoms with E-state index in [9.17, 15) is 0 Å². The van der Waals surface area contributed by atoms with Crippen molar-refractivity contribution in [1.82, 2.24) is 5.23 Å². The van der Waals surface area contributed by atoms with E-state index in [2.05, 4.69) is 5.23 Å². The molecule has 0 saturated carbocycles. The summed E-state index contributed by atoms with van der Waals surface area (Å²) in [7, 11) is 1.80. The lowest BCUT2D eigenvalue weighted by Crippen LogP contribution is -2.40. The topological polar surface area (TPSA) is 58.3 Å². The van der Waals surface area contributed by atoms with Gasteiger partial charge in [-0.25, -0.2) is 0 Å². The zero-order valence-electron chi connectivity index (χ0n) is 7.77. The van der Waals surface area contributed by atoms with Gasteiger partial charge in [0.15, 0.2) is 7.98 Å². The second-order valence-electron chi connectivity index (χ2n) is 3.01. The Labute approximate surface area is 79.4 Å². The van der Waals surface area contributed by atoms with E-state index in [0.29, 0.717) is 0 Å². The van der Waals surface area contributed by atoms with E-state index in [-0.39, 0.29) is 18.7 Å². The number of nitrogens with one attached hydrogen (secondary N) is 1. The molecule has 70 valence electrons. The van der Waals surface area contributed by atoms with Crippen LogP contribution in [0.1, 0.15) is 11.6 Å². The molecule has 0 aliphatic rings. The van der Waals surface area contributed by atoms with Gasteiger partial charge in [-0.1, -0.05) is 30.3 Å². The maximum Gasteiger partial charge on any atom is 0.182 e. The molecule has 0 aromatic heterocycles. The van der Waals surface area contributed by atoms with Crippen molar-refractivity contribution < 1.29 is 5.11 Å². The molecule has 13 heavy (non-hydrogen) atoms. The molecule has 0 fully saturated rings. The number of aliphatic hydroxyl groups is 1. The highest BCUT2D eigenvalue weighted by atomic mass is 16.3. The first kappa shape index (κ1) is 10.2. The molecule has 1 aromatic rings. The lowest BCUT2D eigenvalue weighted by molar-refractivity contribution is 0.241. The van der Waals surface area contributed by atoms with Crippen molar-refractivity contribution in [3.05, 3.63) is 35.9 Å². The molecular formula is C9H15BN2O. The predicted molar refractivity (Wildman–Crippen MR) is 55.9 cm³/mol. The minimum absolute atomic E-state index is 0.0482. The Morgan fingerprint density at radius 1 is 1.38 bits per heavy atom. The molecule has 0 unspecified atom stereocenters. The molecule has 0 spiro atoms. The Bertz CT molecular complexity index is 239. The minimum atomic E-state index is -0.156. The van der Waals surface area contributed by atoms with Gasteiger partial charge in [-0.2, -0.15) is 0 Å². The lowest BCUT2D eigenvalue weighted by atomic mass is 9.99. The smallest absolute Gasteiger partial charge is 0.182 e. The maximum atomic E-state index is 9.02. The van der Waals surface area contributed by atoms with Crippen LogP contribution in [-0.4, -0.2) is 25.7 Å². The van der Waals surface area contributed by atoms with Crippen molar-refractivity contribution in [1.29, 1.82) is 0 Å². The standard InChI is InChI=1S/C9H15BN2O/c10-12-8(6-13)9(11)7-4-2-1-3-5-7/h1-5,8-9,12-13H,6,10-11H2/t8-,9+/m1/s1. The summed E-state index contributed by atoms with van der Waals surface area (Å²) in [4.78, 5) is 0. The average Bonchev–Trinajstić information content (AvgIpc) is 2.21. The van der Waals surface area contributed by atoms with Gasteiger partial charge in [0.1, 0.15) is 0 Å². The highest BCUT2D eigenvalue weighted by Gasteiger charge is 2.15. The molecule has 0 aliphatic carbocycles. The van der Waals surface area contributed by atoms with Crippen LogP contribution in [0.3, 0.4) is 0 Å². The summed E-state index contributed by atoms with van der Waals surface area (Å²) in [6, 6.07) is 9.52. The van der Waals surface area contributed by atoms with Gasteiger partial charge in [0.05, 0.1) is 6.61 Å². The molecule has 0 bridgehead atoms. The third-order valence-electron chi connectivity index (χ3n) is 2.19. The summed E-state index contributed by atoms with van der Waals surface area (Å²) >= 11 is 0. The number of rotatable bonds is 4. The number of hydrogen-bond acceptors (Lipinski definition) is 3. The van der Waals surface area contributed by atoms with Gasteiger partial charge < -0.3 is 16.1 Å². The molecule has 2 atom stereocenters. The quantitative estimate of drug-likeness (QED) is 0.528. The van der Waals surface area contributed by atoms with Crippen LogP contribution < -0.4 is 11.0 Å². The number of nitrogens with two attached hydrogens (primary N) is 1. The van der Waals surface area contributed by atoms with E-state index in [1.165, 1.54) is 0 Å². The predicted octanol–water partition coefficient (Wildman–Crippen LogP) is -0.815. The lowest BCUT2D eigenvalue weighted by Gasteiger charge is -2.21. The van der Waals surface area contributed by atoms with Crippen molar-refractivity contribution in [2.75, 3.05) is 6.61 Å². The zero-order chi connectivity index (χ0) is 9.68. The van der Waals surface area contributed by atoms with Gasteiger partial charge in [0, 0.05) is 12.1 Å². The summed E-state index contributed by atoms with van der Waals surface area (Å²) in [5, 5.41) is 12.0. The fraction of sp³-hybridized carbons (Fsp3) is 0.333. The first-order chi connectivity index (χ1) is 6.29. The normalized spacial score (nSPS) is 15.2. The van der Waals surface area contributed by atoms with Crippen molar-refractivity contribution in [3.8, 4) is 0 Å². The molecule has 4 N–H and O–H groups in total. The monoisotopic (exact) mass is 178 g/mol. The molecule has 0 aliphatic heterocycles. The van der Waals surface area contributed by atoms with Gasteiger partial charge >= 0.3 is 0 Å². The summed E-state index contributed by atoms with van der Waals surface area (Å²) in [5.41, 5.74) is 6.98. The zero-order valence-corrected chi connectivity index (χ0v) is 7.77. The van der Waals surface area contributed by atoms with E-state index in [0.717, 1.165) is 5.56 Å². The first-order valence-corrected chi connectivity index (χ1v) is 4.38. The van der Waals surface area contributed by atoms with Gasteiger partial charge in [0.25, 0.3) is 0 Å². The fourth-order valence-electron chi connectivity index (χ4n) is 1.29. The van der Waals surface area contributed by atoms with Gasteiger partial charge in [0.2, 0.25) is 0 Å². The Balaban J connectivity index is 2.72. The number of benzene rings is 1. The van der Waals surface area contributed by atoms with Crippen molar-refractivity contribution in [3.63, 3.8) is 0 Å². The number of aliphatic hydroxyl groups excluding tert-OH is 1. The van der Waals surface area contributed by atoms with Gasteiger partial charge in [-0.05, 0) is 5.56 Å². The van der Waals surface area contributed by atoms with Crippen LogP contribution in [-0.2, 0) is 0 Å². The van der Waals surface area contributed by atoms with Crippen LogP contribution in [0, 0.1) is 0 Å². The molecular weight excluding hydrogens is 163 g/mol. The van der Waals surface area contributed by atoms with Crippen LogP contribution in [0.5, 0.6) is 0 Å². The average molecular weight is 178 g/mol. The Kier molecular flexibility index (Phi) is 3.95. The van der Waals surface area contributed by atoms with E-state index >= 15 is 0 Å². The second kappa shape index (κ2) is 5.02. The van der Waals surface area contributed by atoms with Crippen LogP contribution in [0.25, 0.3) is 0 Å². The van der Waals surface area contributed by atoms with Crippen LogP contribution in [0.2, 0.25) is 0 Å². The third kappa shape index (κ3) is 2.55. The molecule has 0 radical (unpaired) electrons. The first-order valence-electron chi connectivity index (χ1n) is 4.38. The van der Waals surface area contributed by atoms with E-state index in [1.807, 2.05) is 30.3 Å². The van der Waals surface area contributed by atoms with Crippen LogP contribution >= 0.6 is 0 Å². The molecule has 0 amide bonds. The SMILES string of the molecule is BN[C@H](CO)[C@@H](N)c1ccccc1. The Morgan fingerprint density at radius 2 is 2.00 bits per heavy atom. The highest BCUT2D eigenvalue weighted by Crippen LogP contribution is 2.12.